The van der Waals surface area contributed by atoms with Crippen LogP contribution in [0.1, 0.15) is 112 Å². The molecule has 206 valence electrons. The van der Waals surface area contributed by atoms with Gasteiger partial charge in [0.05, 0.1) is 12.1 Å². The van der Waals surface area contributed by atoms with Crippen LogP contribution >= 0.6 is 0 Å². The average molecular weight is 506 g/mol. The molecular formula is C30H51NO5. The number of hydrogen-bond donors (Lipinski definition) is 3. The van der Waals surface area contributed by atoms with E-state index in [0.29, 0.717) is 10.8 Å². The first-order valence-corrected chi connectivity index (χ1v) is 14.3. The molecule has 0 radical (unpaired) electrons. The number of aliphatic hydroxyl groups is 1. The lowest BCUT2D eigenvalue weighted by atomic mass is 9.47. The number of fused-ring (bicyclic) bond motifs is 5. The van der Waals surface area contributed by atoms with Gasteiger partial charge in [0.15, 0.2) is 0 Å². The molecule has 4 N–H and O–H groups in total. The highest BCUT2D eigenvalue weighted by Gasteiger charge is 2.58. The van der Waals surface area contributed by atoms with E-state index in [1.54, 1.807) is 12.5 Å². The highest BCUT2D eigenvalue weighted by atomic mass is 16.5. The molecule has 0 heterocycles. The number of ether oxygens (including phenoxy) is 1. The highest BCUT2D eigenvalue weighted by molar-refractivity contribution is 5.68. The van der Waals surface area contributed by atoms with Crippen LogP contribution in [0.15, 0.2) is 11.6 Å². The highest BCUT2D eigenvalue weighted by Crippen LogP contribution is 2.66. The van der Waals surface area contributed by atoms with E-state index in [4.69, 9.17) is 9.84 Å². The SMILES string of the molecule is CC(=O)OC1CCC2(C)C(=CCC3C2CCC2(C)C(CCCCC(C)(C)O)CCC32)C1.NCC(=O)O. The van der Waals surface area contributed by atoms with Crippen molar-refractivity contribution < 1.29 is 24.5 Å². The summed E-state index contributed by atoms with van der Waals surface area (Å²) < 4.78 is 5.59. The third-order valence-electron chi connectivity index (χ3n) is 10.4. The largest absolute Gasteiger partial charge is 0.480 e. The van der Waals surface area contributed by atoms with Crippen molar-refractivity contribution in [1.29, 1.82) is 0 Å². The van der Waals surface area contributed by atoms with Crippen molar-refractivity contribution in [3.05, 3.63) is 11.6 Å². The van der Waals surface area contributed by atoms with Gasteiger partial charge < -0.3 is 20.7 Å². The number of nitrogens with two attached hydrogens (primary N) is 1. The normalized spacial score (nSPS) is 37.4. The summed E-state index contributed by atoms with van der Waals surface area (Å²) in [5.41, 5.74) is 6.49. The van der Waals surface area contributed by atoms with Gasteiger partial charge in [-0.3, -0.25) is 9.59 Å². The van der Waals surface area contributed by atoms with Gasteiger partial charge in [-0.1, -0.05) is 38.3 Å². The molecule has 0 aromatic carbocycles. The van der Waals surface area contributed by atoms with Crippen LogP contribution in [-0.4, -0.2) is 40.4 Å². The van der Waals surface area contributed by atoms with Crippen LogP contribution in [0.4, 0.5) is 0 Å². The second kappa shape index (κ2) is 11.6. The van der Waals surface area contributed by atoms with Gasteiger partial charge in [-0.05, 0) is 106 Å². The first-order chi connectivity index (χ1) is 16.8. The predicted molar refractivity (Wildman–Crippen MR) is 142 cm³/mol. The van der Waals surface area contributed by atoms with Gasteiger partial charge in [0.1, 0.15) is 6.10 Å². The maximum absolute atomic E-state index is 11.5. The summed E-state index contributed by atoms with van der Waals surface area (Å²) in [6.07, 6.45) is 17.4. The Morgan fingerprint density at radius 2 is 1.81 bits per heavy atom. The van der Waals surface area contributed by atoms with Crippen LogP contribution in [0.25, 0.3) is 0 Å². The minimum Gasteiger partial charge on any atom is -0.480 e. The first kappa shape index (κ1) is 29.2. The molecule has 0 bridgehead atoms. The summed E-state index contributed by atoms with van der Waals surface area (Å²) >= 11 is 0. The first-order valence-electron chi connectivity index (χ1n) is 14.3. The van der Waals surface area contributed by atoms with Gasteiger partial charge in [0.2, 0.25) is 0 Å². The molecule has 6 heteroatoms. The third kappa shape index (κ3) is 6.53. The van der Waals surface area contributed by atoms with Gasteiger partial charge in [0.25, 0.3) is 0 Å². The molecule has 0 aromatic rings. The lowest BCUT2D eigenvalue weighted by Crippen LogP contribution is -2.50. The number of esters is 1. The molecular weight excluding hydrogens is 454 g/mol. The lowest BCUT2D eigenvalue weighted by Gasteiger charge is -2.58. The van der Waals surface area contributed by atoms with E-state index < -0.39 is 11.6 Å². The molecule has 0 spiro atoms. The fraction of sp³-hybridized carbons (Fsp3) is 0.867. The van der Waals surface area contributed by atoms with Gasteiger partial charge in [-0.15, -0.1) is 0 Å². The molecule has 0 aliphatic heterocycles. The van der Waals surface area contributed by atoms with Crippen molar-refractivity contribution >= 4 is 11.9 Å². The van der Waals surface area contributed by atoms with Crippen molar-refractivity contribution in [2.24, 2.45) is 40.2 Å². The van der Waals surface area contributed by atoms with E-state index in [9.17, 15) is 14.7 Å². The van der Waals surface area contributed by atoms with E-state index >= 15 is 0 Å². The lowest BCUT2D eigenvalue weighted by molar-refractivity contribution is -0.148. The molecule has 6 nitrogen and oxygen atoms in total. The molecule has 3 saturated carbocycles. The molecule has 4 rings (SSSR count). The number of carbonyl (C=O) groups excluding carboxylic acids is 1. The molecule has 3 fully saturated rings. The molecule has 4 aliphatic rings. The Hall–Kier alpha value is -1.40. The molecule has 36 heavy (non-hydrogen) atoms. The maximum atomic E-state index is 11.5. The zero-order chi connectivity index (χ0) is 26.7. The fourth-order valence-electron chi connectivity index (χ4n) is 8.49. The molecule has 7 atom stereocenters. The van der Waals surface area contributed by atoms with Crippen LogP contribution in [-0.2, 0) is 14.3 Å². The Bertz CT molecular complexity index is 817. The van der Waals surface area contributed by atoms with Crippen molar-refractivity contribution in [3.8, 4) is 0 Å². The van der Waals surface area contributed by atoms with Gasteiger partial charge in [0, 0.05) is 13.3 Å². The van der Waals surface area contributed by atoms with E-state index in [-0.39, 0.29) is 18.6 Å². The molecule has 7 unspecified atom stereocenters. The smallest absolute Gasteiger partial charge is 0.317 e. The summed E-state index contributed by atoms with van der Waals surface area (Å²) in [5.74, 6) is 2.32. The standard InChI is InChI=1S/C28H46O3.C2H5NO2/c1-19(29)31-22-13-16-28(5)21(18-22)9-11-23-24-12-10-20(8-6-7-15-26(2,3)30)27(24,4)17-14-25(23)28;3-1-2(4)5/h9,20,22-25,30H,6-8,10-18H2,1-5H3;1,3H2,(H,4,5). The van der Waals surface area contributed by atoms with Crippen molar-refractivity contribution in [2.45, 2.75) is 123 Å². The maximum Gasteiger partial charge on any atom is 0.317 e. The zero-order valence-electron chi connectivity index (χ0n) is 23.4. The van der Waals surface area contributed by atoms with Crippen LogP contribution in [0, 0.1) is 34.5 Å². The second-order valence-corrected chi connectivity index (χ2v) is 13.2. The quantitative estimate of drug-likeness (QED) is 0.227. The Morgan fingerprint density at radius 1 is 1.11 bits per heavy atom. The minimum atomic E-state index is -0.968. The molecule has 0 aromatic heterocycles. The van der Waals surface area contributed by atoms with Crippen LogP contribution in [0.5, 0.6) is 0 Å². The third-order valence-corrected chi connectivity index (χ3v) is 10.4. The number of carboxylic acid groups (broad SMARTS) is 1. The minimum absolute atomic E-state index is 0.0991. The summed E-state index contributed by atoms with van der Waals surface area (Å²) in [6, 6.07) is 0. The molecule has 0 amide bonds. The summed E-state index contributed by atoms with van der Waals surface area (Å²) in [5, 5.41) is 17.6. The van der Waals surface area contributed by atoms with Crippen LogP contribution in [0.2, 0.25) is 0 Å². The van der Waals surface area contributed by atoms with Gasteiger partial charge in [-0.25, -0.2) is 0 Å². The average Bonchev–Trinajstić information content (AvgIpc) is 3.12. The van der Waals surface area contributed by atoms with Crippen molar-refractivity contribution in [2.75, 3.05) is 6.54 Å². The van der Waals surface area contributed by atoms with Crippen molar-refractivity contribution in [3.63, 3.8) is 0 Å². The predicted octanol–water partition coefficient (Wildman–Crippen LogP) is 5.86. The van der Waals surface area contributed by atoms with Gasteiger partial charge >= 0.3 is 11.9 Å². The molecule has 4 aliphatic carbocycles. The Labute approximate surface area is 218 Å². The number of carbonyl (C=O) groups is 2. The van der Waals surface area contributed by atoms with Crippen LogP contribution < -0.4 is 5.73 Å². The van der Waals surface area contributed by atoms with Crippen LogP contribution in [0.3, 0.4) is 0 Å². The number of rotatable bonds is 7. The summed E-state index contributed by atoms with van der Waals surface area (Å²) in [7, 11) is 0. The topological polar surface area (TPSA) is 110 Å². The Kier molecular flexibility index (Phi) is 9.36. The van der Waals surface area contributed by atoms with Gasteiger partial charge in [-0.2, -0.15) is 0 Å². The fourth-order valence-corrected chi connectivity index (χ4v) is 8.49. The number of hydrogen-bond acceptors (Lipinski definition) is 5. The van der Waals surface area contributed by atoms with Crippen molar-refractivity contribution in [1.82, 2.24) is 0 Å². The van der Waals surface area contributed by atoms with E-state index in [0.717, 1.165) is 49.4 Å². The number of carboxylic acids is 1. The van der Waals surface area contributed by atoms with E-state index in [1.165, 1.54) is 51.4 Å². The molecule has 0 saturated heterocycles. The Balaban J connectivity index is 0.000000658. The van der Waals surface area contributed by atoms with E-state index in [1.807, 2.05) is 13.8 Å². The summed E-state index contributed by atoms with van der Waals surface area (Å²) in [4.78, 5) is 20.7. The van der Waals surface area contributed by atoms with E-state index in [2.05, 4.69) is 25.7 Å². The Morgan fingerprint density at radius 3 is 2.42 bits per heavy atom. The zero-order valence-corrected chi connectivity index (χ0v) is 23.4. The second-order valence-electron chi connectivity index (χ2n) is 13.2. The summed E-state index contributed by atoms with van der Waals surface area (Å²) in [6.45, 7) is 10.3. The number of aliphatic carboxylic acids is 1. The number of unbranched alkanes of at least 4 members (excludes halogenated alkanes) is 1. The number of allylic oxidation sites excluding steroid dienone is 1. The monoisotopic (exact) mass is 505 g/mol.